The van der Waals surface area contributed by atoms with Gasteiger partial charge in [-0.25, -0.2) is 0 Å². The minimum atomic E-state index is -1.87. The molecule has 120 valence electrons. The zero-order valence-corrected chi connectivity index (χ0v) is 17.1. The molecule has 0 saturated carbocycles. The first-order chi connectivity index (χ1) is 10.1. The molecule has 0 spiro atoms. The molecule has 5 heteroatoms. The van der Waals surface area contributed by atoms with Crippen molar-refractivity contribution in [2.75, 3.05) is 0 Å². The van der Waals surface area contributed by atoms with Gasteiger partial charge >= 0.3 is 0 Å². The SMILES string of the molecule is CC(C)(C)[Si](C)(C)Oc1cccc(C(O)c2cc(Br)cs2)c1. The Bertz CT molecular complexity index is 646. The fraction of sp³-hybridized carbons (Fsp3) is 0.412. The van der Waals surface area contributed by atoms with Crippen LogP contribution in [-0.4, -0.2) is 13.4 Å². The van der Waals surface area contributed by atoms with Crippen LogP contribution in [0.2, 0.25) is 18.1 Å². The smallest absolute Gasteiger partial charge is 0.250 e. The van der Waals surface area contributed by atoms with Crippen molar-refractivity contribution in [2.45, 2.75) is 45.0 Å². The van der Waals surface area contributed by atoms with Gasteiger partial charge in [0.1, 0.15) is 11.9 Å². The summed E-state index contributed by atoms with van der Waals surface area (Å²) in [7, 11) is -1.87. The van der Waals surface area contributed by atoms with Crippen LogP contribution < -0.4 is 4.43 Å². The lowest BCUT2D eigenvalue weighted by Crippen LogP contribution is -2.43. The van der Waals surface area contributed by atoms with Gasteiger partial charge in [0.2, 0.25) is 8.32 Å². The Labute approximate surface area is 146 Å². The van der Waals surface area contributed by atoms with Gasteiger partial charge < -0.3 is 9.53 Å². The monoisotopic (exact) mass is 398 g/mol. The highest BCUT2D eigenvalue weighted by atomic mass is 79.9. The molecule has 0 saturated heterocycles. The lowest BCUT2D eigenvalue weighted by atomic mass is 10.1. The van der Waals surface area contributed by atoms with Crippen LogP contribution in [0.25, 0.3) is 0 Å². The van der Waals surface area contributed by atoms with Crippen LogP contribution in [-0.2, 0) is 0 Å². The molecule has 1 unspecified atom stereocenters. The Hall–Kier alpha value is -0.623. The first-order valence-corrected chi connectivity index (χ1v) is 11.9. The second-order valence-electron chi connectivity index (χ2n) is 7.00. The largest absolute Gasteiger partial charge is 0.543 e. The van der Waals surface area contributed by atoms with Gasteiger partial charge in [-0.2, -0.15) is 0 Å². The van der Waals surface area contributed by atoms with Crippen LogP contribution in [0, 0.1) is 0 Å². The van der Waals surface area contributed by atoms with E-state index >= 15 is 0 Å². The Morgan fingerprint density at radius 2 is 1.91 bits per heavy atom. The maximum Gasteiger partial charge on any atom is 0.250 e. The van der Waals surface area contributed by atoms with Crippen LogP contribution in [0.15, 0.2) is 40.2 Å². The maximum absolute atomic E-state index is 10.5. The third-order valence-corrected chi connectivity index (χ3v) is 10.3. The fourth-order valence-corrected chi connectivity index (χ4v) is 4.31. The maximum atomic E-state index is 10.5. The second-order valence-corrected chi connectivity index (χ2v) is 13.6. The summed E-state index contributed by atoms with van der Waals surface area (Å²) >= 11 is 4.98. The van der Waals surface area contributed by atoms with E-state index in [-0.39, 0.29) is 5.04 Å². The molecule has 22 heavy (non-hydrogen) atoms. The number of halogens is 1. The quantitative estimate of drug-likeness (QED) is 0.641. The number of rotatable bonds is 4. The van der Waals surface area contributed by atoms with Gasteiger partial charge in [0.15, 0.2) is 0 Å². The normalized spacial score (nSPS) is 14.0. The van der Waals surface area contributed by atoms with Crippen LogP contribution in [0.4, 0.5) is 0 Å². The first kappa shape index (κ1) is 17.7. The Morgan fingerprint density at radius 1 is 1.23 bits per heavy atom. The molecule has 0 aliphatic heterocycles. The van der Waals surface area contributed by atoms with E-state index in [1.54, 1.807) is 11.3 Å². The van der Waals surface area contributed by atoms with Crippen molar-refractivity contribution in [2.24, 2.45) is 0 Å². The van der Waals surface area contributed by atoms with Gasteiger partial charge in [0, 0.05) is 14.7 Å². The van der Waals surface area contributed by atoms with Crippen molar-refractivity contribution < 1.29 is 9.53 Å². The van der Waals surface area contributed by atoms with Gasteiger partial charge in [-0.3, -0.25) is 0 Å². The van der Waals surface area contributed by atoms with E-state index in [2.05, 4.69) is 49.8 Å². The number of hydrogen-bond acceptors (Lipinski definition) is 3. The zero-order chi connectivity index (χ0) is 16.5. The van der Waals surface area contributed by atoms with Crippen molar-refractivity contribution in [3.63, 3.8) is 0 Å². The molecule has 0 fully saturated rings. The predicted molar refractivity (Wildman–Crippen MR) is 100 cm³/mol. The van der Waals surface area contributed by atoms with Crippen LogP contribution in [0.3, 0.4) is 0 Å². The summed E-state index contributed by atoms with van der Waals surface area (Å²) in [4.78, 5) is 0.927. The van der Waals surface area contributed by atoms with Crippen molar-refractivity contribution >= 4 is 35.6 Å². The van der Waals surface area contributed by atoms with Gasteiger partial charge in [-0.15, -0.1) is 11.3 Å². The summed E-state index contributed by atoms with van der Waals surface area (Å²) in [5, 5.41) is 12.7. The lowest BCUT2D eigenvalue weighted by molar-refractivity contribution is 0.224. The van der Waals surface area contributed by atoms with Gasteiger partial charge in [-0.1, -0.05) is 32.9 Å². The van der Waals surface area contributed by atoms with E-state index in [0.717, 1.165) is 20.7 Å². The van der Waals surface area contributed by atoms with Crippen LogP contribution >= 0.6 is 27.3 Å². The van der Waals surface area contributed by atoms with Crippen molar-refractivity contribution in [1.29, 1.82) is 0 Å². The molecule has 0 amide bonds. The number of benzene rings is 1. The number of aliphatic hydroxyl groups excluding tert-OH is 1. The number of thiophene rings is 1. The van der Waals surface area contributed by atoms with Crippen LogP contribution in [0.5, 0.6) is 5.75 Å². The first-order valence-electron chi connectivity index (χ1n) is 7.31. The van der Waals surface area contributed by atoms with E-state index in [1.807, 2.05) is 35.7 Å². The molecule has 2 rings (SSSR count). The molecule has 0 aliphatic rings. The summed E-state index contributed by atoms with van der Waals surface area (Å²) in [6.07, 6.45) is -0.612. The molecule has 1 heterocycles. The molecule has 2 aromatic rings. The highest BCUT2D eigenvalue weighted by Gasteiger charge is 2.39. The Morgan fingerprint density at radius 3 is 2.45 bits per heavy atom. The van der Waals surface area contributed by atoms with E-state index in [0.29, 0.717) is 0 Å². The highest BCUT2D eigenvalue weighted by molar-refractivity contribution is 9.10. The third-order valence-electron chi connectivity index (χ3n) is 4.21. The Kier molecular flexibility index (Phi) is 5.22. The topological polar surface area (TPSA) is 29.5 Å². The van der Waals surface area contributed by atoms with Gasteiger partial charge in [0.25, 0.3) is 0 Å². The molecule has 1 atom stereocenters. The molecule has 0 bridgehead atoms. The van der Waals surface area contributed by atoms with Crippen molar-refractivity contribution in [3.05, 3.63) is 50.6 Å². The van der Waals surface area contributed by atoms with E-state index in [9.17, 15) is 5.11 Å². The summed E-state index contributed by atoms with van der Waals surface area (Å²) in [5.41, 5.74) is 0.866. The summed E-state index contributed by atoms with van der Waals surface area (Å²) in [5.74, 6) is 0.846. The summed E-state index contributed by atoms with van der Waals surface area (Å²) in [6, 6.07) is 9.77. The number of aliphatic hydroxyl groups is 1. The standard InChI is InChI=1S/C17H23BrO2SSi/c1-17(2,3)22(4,5)20-14-8-6-7-12(9-14)16(19)15-10-13(18)11-21-15/h6-11,16,19H,1-5H3. The van der Waals surface area contributed by atoms with E-state index in [4.69, 9.17) is 4.43 Å². The molecular formula is C17H23BrO2SSi. The fourth-order valence-electron chi connectivity index (χ4n) is 1.83. The summed E-state index contributed by atoms with van der Waals surface area (Å²) in [6.45, 7) is 11.1. The molecule has 0 aliphatic carbocycles. The predicted octanol–water partition coefficient (Wildman–Crippen LogP) is 5.98. The molecule has 2 nitrogen and oxygen atoms in total. The van der Waals surface area contributed by atoms with Crippen molar-refractivity contribution in [3.8, 4) is 5.75 Å². The number of hydrogen-bond donors (Lipinski definition) is 1. The molecule has 1 aromatic heterocycles. The van der Waals surface area contributed by atoms with E-state index < -0.39 is 14.4 Å². The third kappa shape index (κ3) is 4.01. The average Bonchev–Trinajstić information content (AvgIpc) is 2.83. The molecule has 1 N–H and O–H groups in total. The minimum Gasteiger partial charge on any atom is -0.543 e. The average molecular weight is 399 g/mol. The molecular weight excluding hydrogens is 376 g/mol. The zero-order valence-electron chi connectivity index (χ0n) is 13.7. The van der Waals surface area contributed by atoms with Gasteiger partial charge in [-0.05, 0) is 57.8 Å². The molecule has 0 radical (unpaired) electrons. The summed E-state index contributed by atoms with van der Waals surface area (Å²) < 4.78 is 7.32. The minimum absolute atomic E-state index is 0.153. The van der Waals surface area contributed by atoms with Crippen LogP contribution in [0.1, 0.15) is 37.3 Å². The van der Waals surface area contributed by atoms with Gasteiger partial charge in [0.05, 0.1) is 0 Å². The van der Waals surface area contributed by atoms with Crippen molar-refractivity contribution in [1.82, 2.24) is 0 Å². The highest BCUT2D eigenvalue weighted by Crippen LogP contribution is 2.38. The molecule has 1 aromatic carbocycles. The Balaban J connectivity index is 2.24. The lowest BCUT2D eigenvalue weighted by Gasteiger charge is -2.36. The second kappa shape index (κ2) is 6.47. The van der Waals surface area contributed by atoms with E-state index in [1.165, 1.54) is 0 Å².